The molecule has 0 saturated heterocycles. The molecule has 0 spiro atoms. The van der Waals surface area contributed by atoms with E-state index in [2.05, 4.69) is 11.4 Å². The van der Waals surface area contributed by atoms with E-state index in [0.29, 0.717) is 19.6 Å². The zero-order valence-electron chi connectivity index (χ0n) is 14.4. The van der Waals surface area contributed by atoms with Gasteiger partial charge >= 0.3 is 57.5 Å². The second-order valence-electron chi connectivity index (χ2n) is 4.29. The van der Waals surface area contributed by atoms with Crippen molar-refractivity contribution in [3.05, 3.63) is 43.3 Å². The first-order valence-corrected chi connectivity index (χ1v) is 6.54. The topological polar surface area (TPSA) is 58.6 Å². The van der Waals surface area contributed by atoms with Crippen molar-refractivity contribution in [2.75, 3.05) is 27.2 Å². The third kappa shape index (κ3) is 17.8. The van der Waals surface area contributed by atoms with Gasteiger partial charge in [-0.3, -0.25) is 0 Å². The first kappa shape index (κ1) is 26.6. The number of benzene rings is 1. The molecule has 0 bridgehead atoms. The molecule has 5 nitrogen and oxygen atoms in total. The van der Waals surface area contributed by atoms with Crippen molar-refractivity contribution >= 4 is 12.4 Å². The summed E-state index contributed by atoms with van der Waals surface area (Å²) < 4.78 is 5.03. The molecular weight excluding hydrogens is 307 g/mol. The fourth-order valence-corrected chi connectivity index (χ4v) is 1.10. The number of carbonyl (C=O) groups is 2. The van der Waals surface area contributed by atoms with E-state index in [1.165, 1.54) is 0 Å². The third-order valence-electron chi connectivity index (χ3n) is 2.15. The van der Waals surface area contributed by atoms with Crippen LogP contribution in [-0.4, -0.2) is 44.5 Å². The number of ether oxygens (including phenoxy) is 1. The molecule has 0 fully saturated rings. The molecule has 1 aromatic rings. The van der Waals surface area contributed by atoms with Gasteiger partial charge in [0.15, 0.2) is 0 Å². The number of amides is 1. The second-order valence-corrected chi connectivity index (χ2v) is 4.29. The molecule has 0 atom stereocenters. The molecule has 0 saturated carbocycles. The number of aldehydes is 1. The van der Waals surface area contributed by atoms with Crippen LogP contribution in [0.25, 0.3) is 0 Å². The normalized spacial score (nSPS) is 8.55. The molecule has 1 aromatic carbocycles. The van der Waals surface area contributed by atoms with E-state index < -0.39 is 0 Å². The predicted octanol–water partition coefficient (Wildman–Crippen LogP) is -0.676. The van der Waals surface area contributed by atoms with Crippen molar-refractivity contribution < 1.29 is 65.7 Å². The molecule has 0 heterocycles. The molecular formula is C16H26KN2O3-. The zero-order chi connectivity index (χ0) is 15.2. The Hall–Kier alpha value is -0.244. The quantitative estimate of drug-likeness (QED) is 0.426. The first-order valence-electron chi connectivity index (χ1n) is 6.54. The van der Waals surface area contributed by atoms with Crippen molar-refractivity contribution in [3.8, 4) is 0 Å². The van der Waals surface area contributed by atoms with Crippen LogP contribution in [0, 0.1) is 13.5 Å². The molecule has 0 aromatic heterocycles. The number of hydrogen-bond acceptors (Lipinski definition) is 4. The number of hydrogen-bond donors (Lipinski definition) is 1. The minimum atomic E-state index is -0.380. The smallest absolute Gasteiger partial charge is 0.447 e. The number of carbonyl (C=O) groups excluding carboxylic acids is 2. The predicted molar refractivity (Wildman–Crippen MR) is 84.8 cm³/mol. The van der Waals surface area contributed by atoms with E-state index in [1.54, 1.807) is 12.1 Å². The summed E-state index contributed by atoms with van der Waals surface area (Å²) in [5, 5.41) is 2.67. The molecule has 0 radical (unpaired) electrons. The Balaban J connectivity index is -0.000000538. The SMILES string of the molecule is CCC=O.CN(C)CCNC(=O)OCc1cc[c-]cc1.[CH3-].[K+]. The van der Waals surface area contributed by atoms with Gasteiger partial charge in [0.2, 0.25) is 0 Å². The van der Waals surface area contributed by atoms with Gasteiger partial charge in [0.05, 0.1) is 6.61 Å². The van der Waals surface area contributed by atoms with Crippen LogP contribution < -0.4 is 56.7 Å². The fourth-order valence-electron chi connectivity index (χ4n) is 1.10. The summed E-state index contributed by atoms with van der Waals surface area (Å²) in [5.74, 6) is 0. The molecule has 22 heavy (non-hydrogen) atoms. The van der Waals surface area contributed by atoms with Crippen molar-refractivity contribution in [1.29, 1.82) is 0 Å². The van der Waals surface area contributed by atoms with E-state index in [4.69, 9.17) is 4.74 Å². The van der Waals surface area contributed by atoms with Crippen molar-refractivity contribution in [1.82, 2.24) is 10.2 Å². The minimum absolute atomic E-state index is 0. The van der Waals surface area contributed by atoms with Gasteiger partial charge in [-0.05, 0) is 14.1 Å². The molecule has 1 rings (SSSR count). The van der Waals surface area contributed by atoms with Gasteiger partial charge < -0.3 is 27.2 Å². The van der Waals surface area contributed by atoms with Gasteiger partial charge in [0.25, 0.3) is 0 Å². The molecule has 0 aliphatic heterocycles. The van der Waals surface area contributed by atoms with Gasteiger partial charge in [-0.25, -0.2) is 4.79 Å². The summed E-state index contributed by atoms with van der Waals surface area (Å²) in [6.07, 6.45) is 1.13. The van der Waals surface area contributed by atoms with Gasteiger partial charge in [0, 0.05) is 19.5 Å². The number of nitrogens with zero attached hydrogens (tertiary/aromatic N) is 1. The van der Waals surface area contributed by atoms with Crippen LogP contribution in [0.1, 0.15) is 18.9 Å². The number of rotatable bonds is 6. The Bertz CT molecular complexity index is 373. The van der Waals surface area contributed by atoms with Gasteiger partial charge in [-0.2, -0.15) is 30.3 Å². The largest absolute Gasteiger partial charge is 1.00 e. The zero-order valence-corrected chi connectivity index (χ0v) is 17.5. The van der Waals surface area contributed by atoms with E-state index in [-0.39, 0.29) is 64.9 Å². The van der Waals surface area contributed by atoms with E-state index in [9.17, 15) is 9.59 Å². The van der Waals surface area contributed by atoms with Crippen LogP contribution in [0.15, 0.2) is 24.3 Å². The van der Waals surface area contributed by atoms with Gasteiger partial charge in [-0.1, -0.05) is 6.92 Å². The summed E-state index contributed by atoms with van der Waals surface area (Å²) in [4.78, 5) is 22.4. The Labute approximate surface area is 177 Å². The Morgan fingerprint density at radius 3 is 2.36 bits per heavy atom. The Morgan fingerprint density at radius 1 is 1.36 bits per heavy atom. The Morgan fingerprint density at radius 2 is 1.91 bits per heavy atom. The molecule has 6 heteroatoms. The van der Waals surface area contributed by atoms with Crippen LogP contribution in [0.5, 0.6) is 0 Å². The maximum absolute atomic E-state index is 11.2. The summed E-state index contributed by atoms with van der Waals surface area (Å²) >= 11 is 0. The fraction of sp³-hybridized carbons (Fsp3) is 0.438. The number of likely N-dealkylation sites (N-methyl/N-ethyl adjacent to an activating group) is 1. The number of alkyl carbamates (subject to hydrolysis) is 1. The first-order chi connectivity index (χ1) is 9.60. The molecule has 1 amide bonds. The molecule has 0 aliphatic carbocycles. The second kappa shape index (κ2) is 18.8. The van der Waals surface area contributed by atoms with Crippen LogP contribution in [0.3, 0.4) is 0 Å². The van der Waals surface area contributed by atoms with Crippen LogP contribution >= 0.6 is 0 Å². The summed E-state index contributed by atoms with van der Waals surface area (Å²) in [6, 6.07) is 10.2. The van der Waals surface area contributed by atoms with Crippen molar-refractivity contribution in [2.45, 2.75) is 20.0 Å². The van der Waals surface area contributed by atoms with E-state index in [0.717, 1.165) is 18.4 Å². The average molecular weight is 333 g/mol. The summed E-state index contributed by atoms with van der Waals surface area (Å²) in [6.45, 7) is 3.50. The van der Waals surface area contributed by atoms with Crippen molar-refractivity contribution in [3.63, 3.8) is 0 Å². The summed E-state index contributed by atoms with van der Waals surface area (Å²) in [7, 11) is 3.90. The van der Waals surface area contributed by atoms with Gasteiger partial charge in [0.1, 0.15) is 6.29 Å². The average Bonchev–Trinajstić information content (AvgIpc) is 2.46. The monoisotopic (exact) mass is 333 g/mol. The summed E-state index contributed by atoms with van der Waals surface area (Å²) in [5.41, 5.74) is 0.960. The standard InChI is InChI=1S/C12H17N2O2.C3H6O.CH3.K/c1-14(2)9-8-13-12(15)16-10-11-6-4-3-5-7-11;1-2-3-4;;/h4-7H,8-10H2,1-2H3,(H,13,15);3H,2H2,1H3;1H3;/q-1;;-1;+1. The molecule has 0 aliphatic rings. The maximum atomic E-state index is 11.2. The van der Waals surface area contributed by atoms with Gasteiger partial charge in [-0.15, -0.1) is 5.56 Å². The maximum Gasteiger partial charge on any atom is 1.00 e. The molecule has 1 N–H and O–H groups in total. The molecule has 120 valence electrons. The van der Waals surface area contributed by atoms with Crippen molar-refractivity contribution in [2.24, 2.45) is 0 Å². The minimum Gasteiger partial charge on any atom is -0.447 e. The van der Waals surface area contributed by atoms with E-state index >= 15 is 0 Å². The Kier molecular flexibility index (Phi) is 22.8. The van der Waals surface area contributed by atoms with Crippen LogP contribution in [-0.2, 0) is 16.1 Å². The van der Waals surface area contributed by atoms with Crippen LogP contribution in [0.2, 0.25) is 0 Å². The van der Waals surface area contributed by atoms with E-state index in [1.807, 2.05) is 38.1 Å². The van der Waals surface area contributed by atoms with Crippen LogP contribution in [0.4, 0.5) is 4.79 Å². The number of nitrogens with one attached hydrogen (secondary N) is 1. The molecule has 0 unspecified atom stereocenters. The third-order valence-corrected chi connectivity index (χ3v) is 2.15.